The van der Waals surface area contributed by atoms with Gasteiger partial charge in [-0.2, -0.15) is 5.26 Å². The van der Waals surface area contributed by atoms with Crippen molar-refractivity contribution in [1.82, 2.24) is 0 Å². The highest BCUT2D eigenvalue weighted by atomic mass is 17.1. The van der Waals surface area contributed by atoms with E-state index < -0.39 is 30.3 Å². The molecule has 15 heavy (non-hydrogen) atoms. The molecular weight excluding hydrogens is 220 g/mol. The molecule has 6 N–H and O–H groups in total. The van der Waals surface area contributed by atoms with E-state index in [2.05, 4.69) is 4.89 Å². The van der Waals surface area contributed by atoms with E-state index in [1.165, 1.54) is 0 Å². The zero-order valence-electron chi connectivity index (χ0n) is 6.97. The summed E-state index contributed by atoms with van der Waals surface area (Å²) in [6.45, 7) is 0. The van der Waals surface area contributed by atoms with E-state index in [0.29, 0.717) is 0 Å². The van der Waals surface area contributed by atoms with Gasteiger partial charge in [0.05, 0.1) is 0 Å². The molecule has 0 fully saturated rings. The van der Waals surface area contributed by atoms with Crippen LogP contribution in [0.4, 0.5) is 4.79 Å². The van der Waals surface area contributed by atoms with Gasteiger partial charge in [-0.3, -0.25) is 4.89 Å². The van der Waals surface area contributed by atoms with Crippen LogP contribution in [-0.4, -0.2) is 61.1 Å². The van der Waals surface area contributed by atoms with Crippen molar-refractivity contribution in [2.24, 2.45) is 0 Å². The molecule has 0 aromatic heterocycles. The van der Waals surface area contributed by atoms with Crippen LogP contribution in [-0.2, 0) is 14.5 Å². The molecule has 0 aliphatic rings. The van der Waals surface area contributed by atoms with Crippen molar-refractivity contribution in [3.8, 4) is 0 Å². The lowest BCUT2D eigenvalue weighted by atomic mass is 10.2. The molecule has 0 saturated heterocycles. The SMILES string of the molecule is O=C(O)C(O)C(O)C(=O)O.O=C(O)OO. The molecule has 0 aromatic rings. The second kappa shape index (κ2) is 7.49. The summed E-state index contributed by atoms with van der Waals surface area (Å²) in [7, 11) is 0. The molecule has 0 aliphatic heterocycles. The third kappa shape index (κ3) is 8.42. The minimum atomic E-state index is -2.27. The Balaban J connectivity index is 0. The maximum atomic E-state index is 9.77. The molecule has 0 amide bonds. The number of carbonyl (C=O) groups is 3. The van der Waals surface area contributed by atoms with Crippen molar-refractivity contribution in [3.63, 3.8) is 0 Å². The van der Waals surface area contributed by atoms with Crippen LogP contribution in [0, 0.1) is 0 Å². The highest BCUT2D eigenvalue weighted by Gasteiger charge is 2.29. The maximum absolute atomic E-state index is 9.77. The van der Waals surface area contributed by atoms with Crippen LogP contribution in [0.15, 0.2) is 0 Å². The molecule has 2 unspecified atom stereocenters. The van der Waals surface area contributed by atoms with E-state index in [1.807, 2.05) is 0 Å². The number of aliphatic hydroxyl groups excluding tert-OH is 2. The Labute approximate surface area is 81.5 Å². The van der Waals surface area contributed by atoms with Gasteiger partial charge in [0.1, 0.15) is 0 Å². The van der Waals surface area contributed by atoms with Gasteiger partial charge >= 0.3 is 18.1 Å². The van der Waals surface area contributed by atoms with E-state index >= 15 is 0 Å². The first kappa shape index (κ1) is 15.6. The molecule has 0 rings (SSSR count). The summed E-state index contributed by atoms with van der Waals surface area (Å²) in [5, 5.41) is 46.8. The van der Waals surface area contributed by atoms with Gasteiger partial charge in [0, 0.05) is 0 Å². The third-order valence-corrected chi connectivity index (χ3v) is 0.883. The predicted octanol–water partition coefficient (Wildman–Crippen LogP) is -1.97. The number of hydrogen-bond donors (Lipinski definition) is 6. The van der Waals surface area contributed by atoms with Crippen molar-refractivity contribution >= 4 is 18.1 Å². The number of hydrogen-bond acceptors (Lipinski definition) is 7. The Kier molecular flexibility index (Phi) is 7.77. The fraction of sp³-hybridized carbons (Fsp3) is 0.400. The second-order valence-corrected chi connectivity index (χ2v) is 1.92. The van der Waals surface area contributed by atoms with Crippen molar-refractivity contribution in [2.45, 2.75) is 12.2 Å². The van der Waals surface area contributed by atoms with E-state index in [9.17, 15) is 9.59 Å². The van der Waals surface area contributed by atoms with E-state index in [4.69, 9.17) is 35.6 Å². The van der Waals surface area contributed by atoms with Crippen molar-refractivity contribution in [1.29, 1.82) is 0 Å². The fourth-order valence-electron chi connectivity index (χ4n) is 0.270. The lowest BCUT2D eigenvalue weighted by molar-refractivity contribution is -0.194. The molecule has 0 aromatic carbocycles. The number of aliphatic carboxylic acids is 2. The minimum absolute atomic E-state index is 1.69. The fourth-order valence-corrected chi connectivity index (χ4v) is 0.270. The maximum Gasteiger partial charge on any atom is 0.537 e. The van der Waals surface area contributed by atoms with E-state index in [0.717, 1.165) is 0 Å². The van der Waals surface area contributed by atoms with Crippen molar-refractivity contribution in [2.75, 3.05) is 0 Å². The highest BCUT2D eigenvalue weighted by Crippen LogP contribution is 1.92. The monoisotopic (exact) mass is 228 g/mol. The second-order valence-electron chi connectivity index (χ2n) is 1.92. The lowest BCUT2D eigenvalue weighted by Gasteiger charge is -2.07. The molecular formula is C5H8O10. The molecule has 10 heteroatoms. The molecule has 0 aliphatic carbocycles. The van der Waals surface area contributed by atoms with Gasteiger partial charge in [0.15, 0.2) is 12.2 Å². The molecule has 0 radical (unpaired) electrons. The zero-order valence-corrected chi connectivity index (χ0v) is 6.97. The van der Waals surface area contributed by atoms with Crippen LogP contribution in [0.25, 0.3) is 0 Å². The molecule has 88 valence electrons. The minimum Gasteiger partial charge on any atom is -0.479 e. The Hall–Kier alpha value is -1.91. The first-order valence-corrected chi connectivity index (χ1v) is 3.10. The summed E-state index contributed by atoms with van der Waals surface area (Å²) in [5.74, 6) is -3.54. The predicted molar refractivity (Wildman–Crippen MR) is 39.0 cm³/mol. The average Bonchev–Trinajstić information content (AvgIpc) is 2.16. The van der Waals surface area contributed by atoms with Gasteiger partial charge in [-0.1, -0.05) is 0 Å². The highest BCUT2D eigenvalue weighted by molar-refractivity contribution is 5.83. The van der Waals surface area contributed by atoms with Crippen LogP contribution in [0.5, 0.6) is 0 Å². The van der Waals surface area contributed by atoms with Gasteiger partial charge in [0.25, 0.3) is 0 Å². The molecule has 0 bridgehead atoms. The number of carboxylic acid groups (broad SMARTS) is 3. The van der Waals surface area contributed by atoms with Crippen LogP contribution in [0.2, 0.25) is 0 Å². The zero-order chi connectivity index (χ0) is 12.6. The lowest BCUT2D eigenvalue weighted by Crippen LogP contribution is -2.39. The van der Waals surface area contributed by atoms with E-state index in [-0.39, 0.29) is 0 Å². The molecule has 0 spiro atoms. The Morgan fingerprint density at radius 3 is 1.13 bits per heavy atom. The third-order valence-electron chi connectivity index (χ3n) is 0.883. The summed E-state index contributed by atoms with van der Waals surface area (Å²) in [6.07, 6.45) is -6.22. The van der Waals surface area contributed by atoms with E-state index in [1.54, 1.807) is 0 Å². The quantitative estimate of drug-likeness (QED) is 0.234. The largest absolute Gasteiger partial charge is 0.537 e. The number of carboxylic acids is 2. The first-order chi connectivity index (χ1) is 6.73. The van der Waals surface area contributed by atoms with Crippen LogP contribution in [0.3, 0.4) is 0 Å². The Morgan fingerprint density at radius 2 is 1.07 bits per heavy atom. The van der Waals surface area contributed by atoms with Gasteiger partial charge in [-0.05, 0) is 0 Å². The number of aliphatic hydroxyl groups is 2. The summed E-state index contributed by atoms with van der Waals surface area (Å²) in [5.41, 5.74) is 0. The summed E-state index contributed by atoms with van der Waals surface area (Å²) in [6, 6.07) is 0. The van der Waals surface area contributed by atoms with Crippen molar-refractivity contribution < 1.29 is 50.1 Å². The average molecular weight is 228 g/mol. The number of rotatable bonds is 3. The molecule has 0 heterocycles. The Bertz CT molecular complexity index is 216. The smallest absolute Gasteiger partial charge is 0.479 e. The van der Waals surface area contributed by atoms with Crippen LogP contribution in [0.1, 0.15) is 0 Å². The van der Waals surface area contributed by atoms with Gasteiger partial charge in [0.2, 0.25) is 0 Å². The molecule has 0 saturated carbocycles. The van der Waals surface area contributed by atoms with Gasteiger partial charge in [-0.25, -0.2) is 14.4 Å². The Morgan fingerprint density at radius 1 is 0.867 bits per heavy atom. The summed E-state index contributed by atoms with van der Waals surface area (Å²) >= 11 is 0. The summed E-state index contributed by atoms with van der Waals surface area (Å²) < 4.78 is 0. The molecule has 2 atom stereocenters. The van der Waals surface area contributed by atoms with Crippen molar-refractivity contribution in [3.05, 3.63) is 0 Å². The van der Waals surface area contributed by atoms with Gasteiger partial charge < -0.3 is 25.5 Å². The normalized spacial score (nSPS) is 12.7. The van der Waals surface area contributed by atoms with Crippen LogP contribution < -0.4 is 0 Å². The summed E-state index contributed by atoms with van der Waals surface area (Å²) in [4.78, 5) is 31.1. The first-order valence-electron chi connectivity index (χ1n) is 3.10. The van der Waals surface area contributed by atoms with Crippen LogP contribution >= 0.6 is 0 Å². The molecule has 10 nitrogen and oxygen atoms in total. The van der Waals surface area contributed by atoms with Gasteiger partial charge in [-0.15, -0.1) is 0 Å². The topological polar surface area (TPSA) is 182 Å². The standard InChI is InChI=1S/C4H6O6.CH2O4/c5-1(3(7)8)2(6)4(9)10;2-1(3)5-4/h1-2,5-6H,(H,7,8)(H,9,10);4H,(H,2,3).